The maximum atomic E-state index is 2.39. The molecule has 0 amide bonds. The molecule has 1 heterocycles. The second-order valence-corrected chi connectivity index (χ2v) is 5.50. The summed E-state index contributed by atoms with van der Waals surface area (Å²) in [4.78, 5) is 0. The van der Waals surface area contributed by atoms with Crippen molar-refractivity contribution in [3.05, 3.63) is 65.9 Å². The Morgan fingerprint density at radius 1 is 1.00 bits per heavy atom. The van der Waals surface area contributed by atoms with Crippen LogP contribution in [0.2, 0.25) is 0 Å². The van der Waals surface area contributed by atoms with Crippen LogP contribution >= 0.6 is 0 Å². The number of fused-ring (bicyclic) bond motifs is 3. The first-order valence-corrected chi connectivity index (χ1v) is 7.20. The zero-order chi connectivity index (χ0) is 13.5. The average Bonchev–Trinajstić information content (AvgIpc) is 2.82. The molecule has 4 rings (SSSR count). The van der Waals surface area contributed by atoms with Crippen LogP contribution in [0, 0.1) is 0 Å². The fraction of sp³-hybridized carbons (Fsp3) is 0.111. The lowest BCUT2D eigenvalue weighted by Gasteiger charge is -2.11. The highest BCUT2D eigenvalue weighted by Crippen LogP contribution is 2.33. The number of para-hydroxylation sites is 1. The Morgan fingerprint density at radius 3 is 2.70 bits per heavy atom. The van der Waals surface area contributed by atoms with Gasteiger partial charge in [0.05, 0.1) is 5.52 Å². The molecule has 0 bridgehead atoms. The largest absolute Gasteiger partial charge is 0.310 e. The van der Waals surface area contributed by atoms with Gasteiger partial charge in [0.15, 0.2) is 0 Å². The summed E-state index contributed by atoms with van der Waals surface area (Å²) in [6.07, 6.45) is 6.86. The Kier molecular flexibility index (Phi) is 2.56. The van der Waals surface area contributed by atoms with Gasteiger partial charge >= 0.3 is 0 Å². The Balaban J connectivity index is 2.13. The van der Waals surface area contributed by atoms with Crippen LogP contribution in [0.3, 0.4) is 0 Å². The molecule has 0 saturated heterocycles. The van der Waals surface area contributed by atoms with Gasteiger partial charge in [0.25, 0.3) is 0 Å². The summed E-state index contributed by atoms with van der Waals surface area (Å²) < 4.78 is 2.39. The molecule has 0 unspecified atom stereocenters. The van der Waals surface area contributed by atoms with Crippen LogP contribution < -0.4 is 5.46 Å². The van der Waals surface area contributed by atoms with E-state index in [2.05, 4.69) is 73.1 Å². The molecule has 0 spiro atoms. The van der Waals surface area contributed by atoms with Gasteiger partial charge in [-0.2, -0.15) is 0 Å². The number of hydrogen-bond donors (Lipinski definition) is 0. The second-order valence-electron chi connectivity index (χ2n) is 5.50. The molecular weight excluding hydrogens is 241 g/mol. The van der Waals surface area contributed by atoms with E-state index in [0.717, 1.165) is 12.8 Å². The topological polar surface area (TPSA) is 4.93 Å². The van der Waals surface area contributed by atoms with Crippen LogP contribution in [0.15, 0.2) is 54.6 Å². The van der Waals surface area contributed by atoms with Crippen molar-refractivity contribution in [1.29, 1.82) is 0 Å². The normalized spacial score (nSPS) is 13.6. The van der Waals surface area contributed by atoms with Crippen LogP contribution in [-0.4, -0.2) is 12.4 Å². The second kappa shape index (κ2) is 4.41. The van der Waals surface area contributed by atoms with E-state index in [-0.39, 0.29) is 0 Å². The van der Waals surface area contributed by atoms with Gasteiger partial charge in [0.1, 0.15) is 7.85 Å². The smallest absolute Gasteiger partial charge is 0.139 e. The van der Waals surface area contributed by atoms with Gasteiger partial charge in [-0.25, -0.2) is 0 Å². The third kappa shape index (κ3) is 1.65. The highest BCUT2D eigenvalue weighted by molar-refractivity contribution is 6.33. The SMILES string of the molecule is Bc1ccc2c(c1)c1c(n2-c2ccccc2)C=CCC1. The molecule has 1 aromatic heterocycles. The Morgan fingerprint density at radius 2 is 1.85 bits per heavy atom. The van der Waals surface area contributed by atoms with Crippen LogP contribution in [0.5, 0.6) is 0 Å². The third-order valence-corrected chi connectivity index (χ3v) is 4.12. The van der Waals surface area contributed by atoms with E-state index >= 15 is 0 Å². The van der Waals surface area contributed by atoms with Crippen molar-refractivity contribution < 1.29 is 0 Å². The lowest BCUT2D eigenvalue weighted by molar-refractivity contribution is 0.967. The highest BCUT2D eigenvalue weighted by atomic mass is 15.0. The Labute approximate surface area is 120 Å². The monoisotopic (exact) mass is 257 g/mol. The zero-order valence-electron chi connectivity index (χ0n) is 11.6. The summed E-state index contributed by atoms with van der Waals surface area (Å²) >= 11 is 0. The molecule has 0 atom stereocenters. The van der Waals surface area contributed by atoms with Gasteiger partial charge in [-0.1, -0.05) is 41.9 Å². The molecule has 2 heteroatoms. The van der Waals surface area contributed by atoms with Crippen LogP contribution in [0.1, 0.15) is 17.7 Å². The number of aromatic nitrogens is 1. The molecule has 1 aliphatic carbocycles. The zero-order valence-corrected chi connectivity index (χ0v) is 11.6. The van der Waals surface area contributed by atoms with Gasteiger partial charge in [-0.3, -0.25) is 0 Å². The average molecular weight is 257 g/mol. The van der Waals surface area contributed by atoms with Crippen LogP contribution in [-0.2, 0) is 6.42 Å². The van der Waals surface area contributed by atoms with Crippen molar-refractivity contribution in [3.8, 4) is 5.69 Å². The molecular formula is C18H16BN. The van der Waals surface area contributed by atoms with E-state index in [9.17, 15) is 0 Å². The van der Waals surface area contributed by atoms with Gasteiger partial charge in [0, 0.05) is 16.8 Å². The Bertz CT molecular complexity index is 812. The van der Waals surface area contributed by atoms with E-state index in [1.807, 2.05) is 0 Å². The first-order chi connectivity index (χ1) is 9.84. The Hall–Kier alpha value is -2.22. The highest BCUT2D eigenvalue weighted by Gasteiger charge is 2.17. The minimum Gasteiger partial charge on any atom is -0.310 e. The van der Waals surface area contributed by atoms with Crippen molar-refractivity contribution in [3.63, 3.8) is 0 Å². The molecule has 0 aliphatic heterocycles. The maximum absolute atomic E-state index is 2.39. The molecule has 2 aromatic carbocycles. The molecule has 0 radical (unpaired) electrons. The van der Waals surface area contributed by atoms with E-state index < -0.39 is 0 Å². The molecule has 3 aromatic rings. The van der Waals surface area contributed by atoms with Crippen molar-refractivity contribution in [2.75, 3.05) is 0 Å². The standard InChI is InChI=1S/C18H16BN/c19-13-10-11-18-16(12-13)15-8-4-5-9-17(15)20(18)14-6-2-1-3-7-14/h1-3,5-7,9-12H,4,8,19H2. The number of nitrogens with zero attached hydrogens (tertiary/aromatic N) is 1. The van der Waals surface area contributed by atoms with Crippen LogP contribution in [0.4, 0.5) is 0 Å². The molecule has 1 nitrogen and oxygen atoms in total. The quantitative estimate of drug-likeness (QED) is 0.591. The first kappa shape index (κ1) is 11.6. The molecule has 0 fully saturated rings. The lowest BCUT2D eigenvalue weighted by Crippen LogP contribution is -2.01. The number of rotatable bonds is 1. The number of hydrogen-bond acceptors (Lipinski definition) is 0. The minimum absolute atomic E-state index is 1.14. The summed E-state index contributed by atoms with van der Waals surface area (Å²) in [5.41, 5.74) is 6.74. The summed E-state index contributed by atoms with van der Waals surface area (Å²) in [6, 6.07) is 17.4. The molecule has 96 valence electrons. The van der Waals surface area contributed by atoms with Gasteiger partial charge in [-0.05, 0) is 42.7 Å². The molecule has 20 heavy (non-hydrogen) atoms. The van der Waals surface area contributed by atoms with E-state index in [0.29, 0.717) is 0 Å². The van der Waals surface area contributed by atoms with Crippen LogP contribution in [0.25, 0.3) is 22.7 Å². The fourth-order valence-corrected chi connectivity index (χ4v) is 3.21. The van der Waals surface area contributed by atoms with Gasteiger partial charge in [-0.15, -0.1) is 0 Å². The maximum Gasteiger partial charge on any atom is 0.139 e. The molecule has 0 saturated carbocycles. The number of aryl methyl sites for hydroxylation is 1. The van der Waals surface area contributed by atoms with E-state index in [4.69, 9.17) is 0 Å². The van der Waals surface area contributed by atoms with Gasteiger partial charge < -0.3 is 4.57 Å². The fourth-order valence-electron chi connectivity index (χ4n) is 3.21. The van der Waals surface area contributed by atoms with E-state index in [1.165, 1.54) is 33.3 Å². The minimum atomic E-state index is 1.14. The lowest BCUT2D eigenvalue weighted by atomic mass is 9.92. The molecule has 1 aliphatic rings. The van der Waals surface area contributed by atoms with Crippen molar-refractivity contribution >= 4 is 30.3 Å². The molecule has 0 N–H and O–H groups in total. The number of benzene rings is 2. The predicted molar refractivity (Wildman–Crippen MR) is 88.8 cm³/mol. The van der Waals surface area contributed by atoms with Crippen molar-refractivity contribution in [2.24, 2.45) is 0 Å². The number of allylic oxidation sites excluding steroid dienone is 1. The van der Waals surface area contributed by atoms with E-state index in [1.54, 1.807) is 0 Å². The van der Waals surface area contributed by atoms with Gasteiger partial charge in [0.2, 0.25) is 0 Å². The first-order valence-electron chi connectivity index (χ1n) is 7.20. The van der Waals surface area contributed by atoms with Crippen molar-refractivity contribution in [2.45, 2.75) is 12.8 Å². The van der Waals surface area contributed by atoms with Crippen molar-refractivity contribution in [1.82, 2.24) is 4.57 Å². The summed E-state index contributed by atoms with van der Waals surface area (Å²) in [5.74, 6) is 0. The summed E-state index contributed by atoms with van der Waals surface area (Å²) in [5, 5.41) is 1.41. The third-order valence-electron chi connectivity index (χ3n) is 4.12. The predicted octanol–water partition coefficient (Wildman–Crippen LogP) is 2.85. The summed E-state index contributed by atoms with van der Waals surface area (Å²) in [6.45, 7) is 0. The summed E-state index contributed by atoms with van der Waals surface area (Å²) in [7, 11) is 2.17.